The summed E-state index contributed by atoms with van der Waals surface area (Å²) in [6, 6.07) is 14.4. The van der Waals surface area contributed by atoms with E-state index >= 15 is 0 Å². The molecule has 1 heterocycles. The molecule has 1 aromatic heterocycles. The molecule has 3 aromatic rings. The van der Waals surface area contributed by atoms with Crippen molar-refractivity contribution in [1.29, 1.82) is 0 Å². The topological polar surface area (TPSA) is 72.2 Å². The number of aromatic nitrogens is 1. The Kier molecular flexibility index (Phi) is 4.08. The number of fused-ring (bicyclic) bond motifs is 1. The third-order valence-electron chi connectivity index (χ3n) is 3.14. The number of nitrogens with one attached hydrogen (secondary N) is 1. The van der Waals surface area contributed by atoms with E-state index in [2.05, 4.69) is 9.88 Å². The molecule has 0 saturated carbocycles. The van der Waals surface area contributed by atoms with Gasteiger partial charge in [0.25, 0.3) is 0 Å². The maximum Gasteiger partial charge on any atom is 0.238 e. The number of hydrogen-bond donors (Lipinski definition) is 1. The molecule has 0 spiro atoms. The average molecular weight is 334 g/mol. The molecular formula is C15H14N2O3S2. The zero-order valence-electron chi connectivity index (χ0n) is 11.8. The Hall–Kier alpha value is -1.99. The molecule has 3 rings (SSSR count). The number of rotatable bonds is 5. The average Bonchev–Trinajstić information content (AvgIpc) is 2.90. The lowest BCUT2D eigenvalue weighted by Crippen LogP contribution is -2.15. The van der Waals surface area contributed by atoms with Crippen LogP contribution in [0.25, 0.3) is 11.0 Å². The summed E-state index contributed by atoms with van der Waals surface area (Å²) in [6.45, 7) is 0. The molecule has 114 valence electrons. The summed E-state index contributed by atoms with van der Waals surface area (Å²) in [5.41, 5.74) is 1.52. The monoisotopic (exact) mass is 334 g/mol. The highest BCUT2D eigenvalue weighted by atomic mass is 32.2. The summed E-state index contributed by atoms with van der Waals surface area (Å²) in [6.07, 6.45) is 1.97. The van der Waals surface area contributed by atoms with Gasteiger partial charge in [-0.05, 0) is 42.7 Å². The predicted molar refractivity (Wildman–Crippen MR) is 88.5 cm³/mol. The van der Waals surface area contributed by atoms with Crippen molar-refractivity contribution in [3.8, 4) is 0 Å². The predicted octanol–water partition coefficient (Wildman–Crippen LogP) is 3.49. The zero-order valence-corrected chi connectivity index (χ0v) is 13.4. The lowest BCUT2D eigenvalue weighted by Gasteiger charge is -2.07. The van der Waals surface area contributed by atoms with Crippen LogP contribution in [0.2, 0.25) is 0 Å². The molecule has 0 bridgehead atoms. The Balaban J connectivity index is 1.80. The minimum absolute atomic E-state index is 0.228. The number of nitrogens with zero attached hydrogens (tertiary/aromatic N) is 1. The van der Waals surface area contributed by atoms with E-state index in [0.717, 1.165) is 4.90 Å². The summed E-state index contributed by atoms with van der Waals surface area (Å²) in [4.78, 5) is 1.07. The van der Waals surface area contributed by atoms with Crippen LogP contribution >= 0.6 is 11.8 Å². The van der Waals surface area contributed by atoms with Crippen LogP contribution in [0.5, 0.6) is 0 Å². The SMILES string of the molecule is CSc1ccc(NS(=O)(=O)Cc2noc3ccccc23)cc1. The number of thioether (sulfide) groups is 1. The van der Waals surface area contributed by atoms with Crippen LogP contribution in [0, 0.1) is 0 Å². The van der Waals surface area contributed by atoms with Gasteiger partial charge in [-0.15, -0.1) is 11.8 Å². The van der Waals surface area contributed by atoms with Crippen LogP contribution in [-0.4, -0.2) is 19.8 Å². The molecule has 7 heteroatoms. The highest BCUT2D eigenvalue weighted by molar-refractivity contribution is 7.98. The van der Waals surface area contributed by atoms with Gasteiger partial charge < -0.3 is 4.52 Å². The Labute approximate surface area is 132 Å². The molecule has 0 radical (unpaired) electrons. The summed E-state index contributed by atoms with van der Waals surface area (Å²) >= 11 is 1.60. The molecular weight excluding hydrogens is 320 g/mol. The third kappa shape index (κ3) is 3.26. The van der Waals surface area contributed by atoms with Crippen LogP contribution in [0.4, 0.5) is 5.69 Å². The molecule has 0 fully saturated rings. The maximum atomic E-state index is 12.3. The van der Waals surface area contributed by atoms with E-state index < -0.39 is 10.0 Å². The lowest BCUT2D eigenvalue weighted by molar-refractivity contribution is 0.448. The van der Waals surface area contributed by atoms with Crippen molar-refractivity contribution in [2.24, 2.45) is 0 Å². The van der Waals surface area contributed by atoms with E-state index in [4.69, 9.17) is 4.52 Å². The Bertz CT molecular complexity index is 887. The number of hydrogen-bond acceptors (Lipinski definition) is 5. The van der Waals surface area contributed by atoms with E-state index in [0.29, 0.717) is 22.4 Å². The molecule has 0 aliphatic carbocycles. The van der Waals surface area contributed by atoms with Gasteiger partial charge in [-0.3, -0.25) is 4.72 Å². The molecule has 0 aliphatic rings. The molecule has 5 nitrogen and oxygen atoms in total. The lowest BCUT2D eigenvalue weighted by atomic mass is 10.2. The Morgan fingerprint density at radius 2 is 1.86 bits per heavy atom. The van der Waals surface area contributed by atoms with Gasteiger partial charge in [-0.1, -0.05) is 17.3 Å². The maximum absolute atomic E-state index is 12.3. The van der Waals surface area contributed by atoms with Crippen LogP contribution in [0.3, 0.4) is 0 Å². The second-order valence-electron chi connectivity index (χ2n) is 4.72. The van der Waals surface area contributed by atoms with Gasteiger partial charge in [0.05, 0.1) is 0 Å². The number of para-hydroxylation sites is 1. The minimum Gasteiger partial charge on any atom is -0.356 e. The van der Waals surface area contributed by atoms with Crippen LogP contribution < -0.4 is 4.72 Å². The van der Waals surface area contributed by atoms with Crippen molar-refractivity contribution in [2.45, 2.75) is 10.6 Å². The van der Waals surface area contributed by atoms with Crippen molar-refractivity contribution in [2.75, 3.05) is 11.0 Å². The fourth-order valence-electron chi connectivity index (χ4n) is 2.10. The van der Waals surface area contributed by atoms with Crippen LogP contribution in [0.1, 0.15) is 5.69 Å². The van der Waals surface area contributed by atoms with E-state index in [1.807, 2.05) is 30.5 Å². The van der Waals surface area contributed by atoms with Gasteiger partial charge in [0, 0.05) is 16.0 Å². The van der Waals surface area contributed by atoms with Crippen molar-refractivity contribution in [3.63, 3.8) is 0 Å². The van der Waals surface area contributed by atoms with Gasteiger partial charge in [0.1, 0.15) is 11.4 Å². The van der Waals surface area contributed by atoms with E-state index in [1.165, 1.54) is 0 Å². The number of benzene rings is 2. The van der Waals surface area contributed by atoms with Crippen LogP contribution in [0.15, 0.2) is 57.9 Å². The number of sulfonamides is 1. The van der Waals surface area contributed by atoms with Gasteiger partial charge in [-0.2, -0.15) is 0 Å². The first-order valence-electron chi connectivity index (χ1n) is 6.55. The first-order valence-corrected chi connectivity index (χ1v) is 9.43. The zero-order chi connectivity index (χ0) is 15.6. The van der Waals surface area contributed by atoms with Crippen molar-refractivity contribution in [1.82, 2.24) is 5.16 Å². The fraction of sp³-hybridized carbons (Fsp3) is 0.133. The molecule has 1 N–H and O–H groups in total. The van der Waals surface area contributed by atoms with Gasteiger partial charge >= 0.3 is 0 Å². The quantitative estimate of drug-likeness (QED) is 0.723. The first-order chi connectivity index (χ1) is 10.6. The molecule has 0 aliphatic heterocycles. The summed E-state index contributed by atoms with van der Waals surface area (Å²) in [5, 5.41) is 4.57. The van der Waals surface area contributed by atoms with Gasteiger partial charge in [0.2, 0.25) is 10.0 Å². The summed E-state index contributed by atoms with van der Waals surface area (Å²) < 4.78 is 32.2. The van der Waals surface area contributed by atoms with Crippen LogP contribution in [-0.2, 0) is 15.8 Å². The van der Waals surface area contributed by atoms with E-state index in [-0.39, 0.29) is 5.75 Å². The third-order valence-corrected chi connectivity index (χ3v) is 5.09. The Morgan fingerprint density at radius 3 is 2.59 bits per heavy atom. The molecule has 2 aromatic carbocycles. The highest BCUT2D eigenvalue weighted by Gasteiger charge is 2.17. The molecule has 0 atom stereocenters. The number of anilines is 1. The van der Waals surface area contributed by atoms with Gasteiger partial charge in [-0.25, -0.2) is 8.42 Å². The minimum atomic E-state index is -3.55. The standard InChI is InChI=1S/C15H14N2O3S2/c1-21-12-8-6-11(7-9-12)17-22(18,19)10-14-13-4-2-3-5-15(13)20-16-14/h2-9,17H,10H2,1H3. The molecule has 0 saturated heterocycles. The molecule has 22 heavy (non-hydrogen) atoms. The van der Waals surface area contributed by atoms with Gasteiger partial charge in [0.15, 0.2) is 5.58 Å². The highest BCUT2D eigenvalue weighted by Crippen LogP contribution is 2.22. The first kappa shape index (κ1) is 14.9. The van der Waals surface area contributed by atoms with Crippen molar-refractivity contribution in [3.05, 3.63) is 54.2 Å². The molecule has 0 amide bonds. The second kappa shape index (κ2) is 6.02. The van der Waals surface area contributed by atoms with E-state index in [9.17, 15) is 8.42 Å². The fourth-order valence-corrected chi connectivity index (χ4v) is 3.64. The van der Waals surface area contributed by atoms with Crippen molar-refractivity contribution >= 4 is 38.4 Å². The molecule has 0 unspecified atom stereocenters. The largest absolute Gasteiger partial charge is 0.356 e. The smallest absolute Gasteiger partial charge is 0.238 e. The van der Waals surface area contributed by atoms with E-state index in [1.54, 1.807) is 36.0 Å². The summed E-state index contributed by atoms with van der Waals surface area (Å²) in [5.74, 6) is -0.228. The second-order valence-corrected chi connectivity index (χ2v) is 7.32. The summed E-state index contributed by atoms with van der Waals surface area (Å²) in [7, 11) is -3.55. The Morgan fingerprint density at radius 1 is 1.14 bits per heavy atom. The normalized spacial score (nSPS) is 11.7. The van der Waals surface area contributed by atoms with Crippen molar-refractivity contribution < 1.29 is 12.9 Å².